The normalized spacial score (nSPS) is 24.2. The van der Waals surface area contributed by atoms with Gasteiger partial charge in [-0.25, -0.2) is 0 Å². The fourth-order valence-corrected chi connectivity index (χ4v) is 2.83. The monoisotopic (exact) mass is 227 g/mol. The Morgan fingerprint density at radius 3 is 2.62 bits per heavy atom. The van der Waals surface area contributed by atoms with E-state index >= 15 is 0 Å². The standard InChI is InChI=1S/C13H29N3/c1-4-16(5-2)13-7-9-15(11-13)10-12(3)6-8-14/h12-13H,4-11,14H2,1-3H3. The highest BCUT2D eigenvalue weighted by Crippen LogP contribution is 2.17. The van der Waals surface area contributed by atoms with E-state index in [0.29, 0.717) is 0 Å². The summed E-state index contributed by atoms with van der Waals surface area (Å²) in [6.07, 6.45) is 2.50. The molecule has 1 aliphatic heterocycles. The van der Waals surface area contributed by atoms with Crippen molar-refractivity contribution in [3.8, 4) is 0 Å². The molecule has 0 amide bonds. The fourth-order valence-electron chi connectivity index (χ4n) is 2.83. The van der Waals surface area contributed by atoms with Gasteiger partial charge in [-0.1, -0.05) is 20.8 Å². The minimum Gasteiger partial charge on any atom is -0.330 e. The van der Waals surface area contributed by atoms with Crippen LogP contribution in [0.25, 0.3) is 0 Å². The largest absolute Gasteiger partial charge is 0.330 e. The van der Waals surface area contributed by atoms with Crippen LogP contribution in [0.15, 0.2) is 0 Å². The topological polar surface area (TPSA) is 32.5 Å². The third-order valence-electron chi connectivity index (χ3n) is 3.81. The van der Waals surface area contributed by atoms with Crippen LogP contribution in [-0.4, -0.2) is 55.1 Å². The molecule has 0 aromatic heterocycles. The molecule has 1 aliphatic rings. The van der Waals surface area contributed by atoms with E-state index in [0.717, 1.165) is 24.9 Å². The summed E-state index contributed by atoms with van der Waals surface area (Å²) in [7, 11) is 0. The Bertz CT molecular complexity index is 180. The van der Waals surface area contributed by atoms with E-state index in [1.54, 1.807) is 0 Å². The summed E-state index contributed by atoms with van der Waals surface area (Å²) in [4.78, 5) is 5.21. The first-order chi connectivity index (χ1) is 7.71. The van der Waals surface area contributed by atoms with Crippen LogP contribution in [0.2, 0.25) is 0 Å². The molecule has 0 spiro atoms. The zero-order valence-corrected chi connectivity index (χ0v) is 11.3. The third kappa shape index (κ3) is 4.04. The molecule has 0 aromatic rings. The predicted octanol–water partition coefficient (Wildman–Crippen LogP) is 1.39. The molecule has 0 aliphatic carbocycles. The lowest BCUT2D eigenvalue weighted by molar-refractivity contribution is 0.202. The van der Waals surface area contributed by atoms with Crippen LogP contribution in [-0.2, 0) is 0 Å². The quantitative estimate of drug-likeness (QED) is 0.713. The molecule has 0 aromatic carbocycles. The number of likely N-dealkylation sites (tertiary alicyclic amines) is 1. The van der Waals surface area contributed by atoms with Gasteiger partial charge in [-0.2, -0.15) is 0 Å². The van der Waals surface area contributed by atoms with Gasteiger partial charge in [-0.15, -0.1) is 0 Å². The van der Waals surface area contributed by atoms with Crippen molar-refractivity contribution >= 4 is 0 Å². The molecular weight excluding hydrogens is 198 g/mol. The Morgan fingerprint density at radius 2 is 2.06 bits per heavy atom. The SMILES string of the molecule is CCN(CC)C1CCN(CC(C)CCN)C1. The second-order valence-corrected chi connectivity index (χ2v) is 5.11. The first-order valence-electron chi connectivity index (χ1n) is 6.87. The number of likely N-dealkylation sites (N-methyl/N-ethyl adjacent to an activating group) is 1. The minimum atomic E-state index is 0.750. The van der Waals surface area contributed by atoms with Gasteiger partial charge in [0, 0.05) is 19.1 Å². The van der Waals surface area contributed by atoms with Gasteiger partial charge < -0.3 is 10.6 Å². The van der Waals surface area contributed by atoms with Crippen molar-refractivity contribution in [1.82, 2.24) is 9.80 Å². The fraction of sp³-hybridized carbons (Fsp3) is 1.00. The molecule has 1 fully saturated rings. The minimum absolute atomic E-state index is 0.750. The molecule has 0 saturated carbocycles. The van der Waals surface area contributed by atoms with Crippen molar-refractivity contribution in [1.29, 1.82) is 0 Å². The van der Waals surface area contributed by atoms with E-state index < -0.39 is 0 Å². The molecule has 0 radical (unpaired) electrons. The van der Waals surface area contributed by atoms with Gasteiger partial charge in [0.2, 0.25) is 0 Å². The van der Waals surface area contributed by atoms with E-state index in [4.69, 9.17) is 5.73 Å². The van der Waals surface area contributed by atoms with Crippen molar-refractivity contribution in [2.75, 3.05) is 39.3 Å². The van der Waals surface area contributed by atoms with Gasteiger partial charge in [0.25, 0.3) is 0 Å². The summed E-state index contributed by atoms with van der Waals surface area (Å²) in [6, 6.07) is 0.792. The maximum absolute atomic E-state index is 5.60. The molecule has 2 N–H and O–H groups in total. The van der Waals surface area contributed by atoms with Crippen molar-refractivity contribution in [3.05, 3.63) is 0 Å². The van der Waals surface area contributed by atoms with Crippen LogP contribution in [0, 0.1) is 5.92 Å². The van der Waals surface area contributed by atoms with Crippen LogP contribution in [0.3, 0.4) is 0 Å². The van der Waals surface area contributed by atoms with Crippen molar-refractivity contribution in [2.24, 2.45) is 11.7 Å². The number of rotatable bonds is 7. The lowest BCUT2D eigenvalue weighted by atomic mass is 10.1. The lowest BCUT2D eigenvalue weighted by Gasteiger charge is -2.27. The number of nitrogens with two attached hydrogens (primary N) is 1. The van der Waals surface area contributed by atoms with Gasteiger partial charge in [0.1, 0.15) is 0 Å². The van der Waals surface area contributed by atoms with E-state index in [-0.39, 0.29) is 0 Å². The molecule has 2 atom stereocenters. The summed E-state index contributed by atoms with van der Waals surface area (Å²) in [5.74, 6) is 0.750. The third-order valence-corrected chi connectivity index (χ3v) is 3.81. The van der Waals surface area contributed by atoms with Crippen molar-refractivity contribution in [3.63, 3.8) is 0 Å². The summed E-state index contributed by atoms with van der Waals surface area (Å²) in [5, 5.41) is 0. The molecule has 3 nitrogen and oxygen atoms in total. The maximum Gasteiger partial charge on any atom is 0.0235 e. The van der Waals surface area contributed by atoms with Crippen molar-refractivity contribution in [2.45, 2.75) is 39.7 Å². The number of hydrogen-bond acceptors (Lipinski definition) is 3. The van der Waals surface area contributed by atoms with Gasteiger partial charge >= 0.3 is 0 Å². The van der Waals surface area contributed by atoms with Crippen LogP contribution in [0.4, 0.5) is 0 Å². The summed E-state index contributed by atoms with van der Waals surface area (Å²) < 4.78 is 0. The highest BCUT2D eigenvalue weighted by atomic mass is 15.2. The molecule has 96 valence electrons. The Hall–Kier alpha value is -0.120. The Labute approximate surface area is 101 Å². The number of nitrogens with zero attached hydrogens (tertiary/aromatic N) is 2. The maximum atomic E-state index is 5.60. The van der Waals surface area contributed by atoms with Crippen LogP contribution < -0.4 is 5.73 Å². The summed E-state index contributed by atoms with van der Waals surface area (Å²) >= 11 is 0. The van der Waals surface area contributed by atoms with Gasteiger partial charge in [0.05, 0.1) is 0 Å². The van der Waals surface area contributed by atoms with Crippen LogP contribution in [0.1, 0.15) is 33.6 Å². The second kappa shape index (κ2) is 7.25. The van der Waals surface area contributed by atoms with E-state index in [1.807, 2.05) is 0 Å². The Kier molecular flexibility index (Phi) is 6.32. The number of hydrogen-bond donors (Lipinski definition) is 1. The van der Waals surface area contributed by atoms with Gasteiger partial charge in [-0.05, 0) is 44.9 Å². The van der Waals surface area contributed by atoms with E-state index in [1.165, 1.54) is 39.1 Å². The van der Waals surface area contributed by atoms with Gasteiger partial charge in [0.15, 0.2) is 0 Å². The molecule has 1 heterocycles. The first kappa shape index (κ1) is 13.9. The van der Waals surface area contributed by atoms with Crippen LogP contribution in [0.5, 0.6) is 0 Å². The molecule has 0 bridgehead atoms. The first-order valence-corrected chi connectivity index (χ1v) is 6.87. The second-order valence-electron chi connectivity index (χ2n) is 5.11. The highest BCUT2D eigenvalue weighted by molar-refractivity contribution is 4.83. The smallest absolute Gasteiger partial charge is 0.0235 e. The Morgan fingerprint density at radius 1 is 1.38 bits per heavy atom. The molecule has 1 saturated heterocycles. The van der Waals surface area contributed by atoms with Crippen LogP contribution >= 0.6 is 0 Å². The molecular formula is C13H29N3. The lowest BCUT2D eigenvalue weighted by Crippen LogP contribution is -2.38. The summed E-state index contributed by atoms with van der Waals surface area (Å²) in [6.45, 7) is 13.8. The van der Waals surface area contributed by atoms with E-state index in [2.05, 4.69) is 30.6 Å². The highest BCUT2D eigenvalue weighted by Gasteiger charge is 2.26. The molecule has 16 heavy (non-hydrogen) atoms. The molecule has 3 heteroatoms. The molecule has 2 unspecified atom stereocenters. The molecule has 1 rings (SSSR count). The average molecular weight is 227 g/mol. The average Bonchev–Trinajstić information content (AvgIpc) is 2.68. The zero-order valence-electron chi connectivity index (χ0n) is 11.3. The predicted molar refractivity (Wildman–Crippen MR) is 70.6 cm³/mol. The van der Waals surface area contributed by atoms with Crippen molar-refractivity contribution < 1.29 is 0 Å². The van der Waals surface area contributed by atoms with Gasteiger partial charge in [-0.3, -0.25) is 4.90 Å². The van der Waals surface area contributed by atoms with E-state index in [9.17, 15) is 0 Å². The Balaban J connectivity index is 2.29. The summed E-state index contributed by atoms with van der Waals surface area (Å²) in [5.41, 5.74) is 5.60. The zero-order chi connectivity index (χ0) is 12.0.